The molecule has 0 saturated carbocycles. The van der Waals surface area contributed by atoms with Crippen LogP contribution in [0.2, 0.25) is 0 Å². The van der Waals surface area contributed by atoms with Crippen LogP contribution in [0.4, 0.5) is 0 Å². The van der Waals surface area contributed by atoms with E-state index in [1.54, 1.807) is 23.6 Å². The highest BCUT2D eigenvalue weighted by Gasteiger charge is 2.22. The SMILES string of the molecule is CC(=O)N1CCN(C(=O)CCCCSc2nnc(-c3ccccc3)n2-c2ccccc2)CC1. The molecule has 2 aromatic carbocycles. The summed E-state index contributed by atoms with van der Waals surface area (Å²) in [5.41, 5.74) is 2.06. The van der Waals surface area contributed by atoms with E-state index >= 15 is 0 Å². The van der Waals surface area contributed by atoms with Crippen LogP contribution in [0.5, 0.6) is 0 Å². The average Bonchev–Trinajstić information content (AvgIpc) is 3.28. The smallest absolute Gasteiger partial charge is 0.222 e. The van der Waals surface area contributed by atoms with Crippen LogP contribution in [0.25, 0.3) is 17.1 Å². The van der Waals surface area contributed by atoms with E-state index in [0.29, 0.717) is 32.6 Å². The van der Waals surface area contributed by atoms with Crippen LogP contribution in [-0.4, -0.2) is 68.3 Å². The number of piperazine rings is 1. The van der Waals surface area contributed by atoms with Crippen molar-refractivity contribution in [1.82, 2.24) is 24.6 Å². The highest BCUT2D eigenvalue weighted by Crippen LogP contribution is 2.28. The van der Waals surface area contributed by atoms with E-state index in [4.69, 9.17) is 0 Å². The van der Waals surface area contributed by atoms with Gasteiger partial charge in [0.1, 0.15) is 0 Å². The van der Waals surface area contributed by atoms with Crippen LogP contribution in [0.1, 0.15) is 26.2 Å². The van der Waals surface area contributed by atoms with Crippen LogP contribution >= 0.6 is 11.8 Å². The average molecular weight is 464 g/mol. The van der Waals surface area contributed by atoms with Gasteiger partial charge in [0.15, 0.2) is 11.0 Å². The van der Waals surface area contributed by atoms with Crippen molar-refractivity contribution < 1.29 is 9.59 Å². The van der Waals surface area contributed by atoms with E-state index in [2.05, 4.69) is 26.9 Å². The Bertz CT molecular complexity index is 1060. The van der Waals surface area contributed by atoms with Crippen molar-refractivity contribution in [2.75, 3.05) is 31.9 Å². The Morgan fingerprint density at radius 3 is 2.15 bits per heavy atom. The van der Waals surface area contributed by atoms with Gasteiger partial charge in [-0.1, -0.05) is 60.3 Å². The van der Waals surface area contributed by atoms with E-state index in [1.165, 1.54) is 0 Å². The van der Waals surface area contributed by atoms with E-state index in [-0.39, 0.29) is 11.8 Å². The number of amides is 2. The van der Waals surface area contributed by atoms with Gasteiger partial charge in [-0.05, 0) is 25.0 Å². The molecule has 0 radical (unpaired) electrons. The maximum atomic E-state index is 12.5. The first kappa shape index (κ1) is 23.0. The van der Waals surface area contributed by atoms with Crippen LogP contribution in [0, 0.1) is 0 Å². The molecule has 172 valence electrons. The second kappa shape index (κ2) is 11.1. The summed E-state index contributed by atoms with van der Waals surface area (Å²) in [5, 5.41) is 9.79. The number of thioether (sulfide) groups is 1. The third kappa shape index (κ3) is 5.82. The Morgan fingerprint density at radius 1 is 0.848 bits per heavy atom. The number of hydrogen-bond donors (Lipinski definition) is 0. The molecule has 2 amide bonds. The predicted octanol–water partition coefficient (Wildman–Crippen LogP) is 3.89. The number of para-hydroxylation sites is 1. The number of nitrogens with zero attached hydrogens (tertiary/aromatic N) is 5. The highest BCUT2D eigenvalue weighted by atomic mass is 32.2. The van der Waals surface area contributed by atoms with Gasteiger partial charge >= 0.3 is 0 Å². The molecule has 0 unspecified atom stereocenters. The van der Waals surface area contributed by atoms with Crippen molar-refractivity contribution in [3.63, 3.8) is 0 Å². The van der Waals surface area contributed by atoms with Crippen molar-refractivity contribution in [1.29, 1.82) is 0 Å². The first-order valence-corrected chi connectivity index (χ1v) is 12.3. The zero-order chi connectivity index (χ0) is 23.0. The summed E-state index contributed by atoms with van der Waals surface area (Å²) < 4.78 is 2.10. The van der Waals surface area contributed by atoms with Gasteiger partial charge in [-0.15, -0.1) is 10.2 Å². The Kier molecular flexibility index (Phi) is 7.78. The molecule has 0 N–H and O–H groups in total. The largest absolute Gasteiger partial charge is 0.339 e. The van der Waals surface area contributed by atoms with Gasteiger partial charge in [0, 0.05) is 56.5 Å². The quantitative estimate of drug-likeness (QED) is 0.374. The molecular formula is C25H29N5O2S. The zero-order valence-electron chi connectivity index (χ0n) is 18.9. The molecule has 1 aromatic heterocycles. The Hall–Kier alpha value is -3.13. The van der Waals surface area contributed by atoms with Gasteiger partial charge in [0.05, 0.1) is 0 Å². The normalized spacial score (nSPS) is 13.8. The van der Waals surface area contributed by atoms with E-state index < -0.39 is 0 Å². The number of rotatable bonds is 8. The Balaban J connectivity index is 1.31. The summed E-state index contributed by atoms with van der Waals surface area (Å²) in [5.74, 6) is 1.95. The lowest BCUT2D eigenvalue weighted by Gasteiger charge is -2.34. The second-order valence-corrected chi connectivity index (χ2v) is 9.10. The van der Waals surface area contributed by atoms with Gasteiger partial charge in [-0.2, -0.15) is 0 Å². The minimum atomic E-state index is 0.0814. The number of carbonyl (C=O) groups excluding carboxylic acids is 2. The highest BCUT2D eigenvalue weighted by molar-refractivity contribution is 7.99. The second-order valence-electron chi connectivity index (χ2n) is 8.04. The lowest BCUT2D eigenvalue weighted by atomic mass is 10.2. The fourth-order valence-electron chi connectivity index (χ4n) is 3.92. The molecule has 0 aliphatic carbocycles. The summed E-state index contributed by atoms with van der Waals surface area (Å²) in [6.45, 7) is 4.12. The van der Waals surface area contributed by atoms with Crippen molar-refractivity contribution >= 4 is 23.6 Å². The van der Waals surface area contributed by atoms with Gasteiger partial charge in [-0.3, -0.25) is 14.2 Å². The number of benzene rings is 2. The van der Waals surface area contributed by atoms with Crippen LogP contribution in [-0.2, 0) is 9.59 Å². The molecule has 2 heterocycles. The molecule has 0 spiro atoms. The zero-order valence-corrected chi connectivity index (χ0v) is 19.7. The third-order valence-corrected chi connectivity index (χ3v) is 6.79. The molecule has 1 fully saturated rings. The summed E-state index contributed by atoms with van der Waals surface area (Å²) in [7, 11) is 0. The van der Waals surface area contributed by atoms with Crippen LogP contribution in [0.3, 0.4) is 0 Å². The molecular weight excluding hydrogens is 434 g/mol. The minimum Gasteiger partial charge on any atom is -0.339 e. The third-order valence-electron chi connectivity index (χ3n) is 5.77. The summed E-state index contributed by atoms with van der Waals surface area (Å²) in [4.78, 5) is 27.6. The topological polar surface area (TPSA) is 71.3 Å². The molecule has 0 bridgehead atoms. The minimum absolute atomic E-state index is 0.0814. The fourth-order valence-corrected chi connectivity index (χ4v) is 4.87. The van der Waals surface area contributed by atoms with Crippen molar-refractivity contribution in [2.45, 2.75) is 31.3 Å². The van der Waals surface area contributed by atoms with Crippen molar-refractivity contribution in [3.8, 4) is 17.1 Å². The lowest BCUT2D eigenvalue weighted by Crippen LogP contribution is -2.50. The number of carbonyl (C=O) groups is 2. The first-order valence-electron chi connectivity index (χ1n) is 11.4. The van der Waals surface area contributed by atoms with Crippen LogP contribution < -0.4 is 0 Å². The molecule has 1 aliphatic heterocycles. The number of aromatic nitrogens is 3. The molecule has 7 nitrogen and oxygen atoms in total. The van der Waals surface area contributed by atoms with E-state index in [0.717, 1.165) is 40.8 Å². The predicted molar refractivity (Wildman–Crippen MR) is 130 cm³/mol. The molecule has 1 saturated heterocycles. The Labute approximate surface area is 198 Å². The number of unbranched alkanes of at least 4 members (excludes halogenated alkanes) is 1. The van der Waals surface area contributed by atoms with E-state index in [9.17, 15) is 9.59 Å². The molecule has 3 aromatic rings. The molecule has 33 heavy (non-hydrogen) atoms. The number of hydrogen-bond acceptors (Lipinski definition) is 5. The van der Waals surface area contributed by atoms with Crippen molar-refractivity contribution in [3.05, 3.63) is 60.7 Å². The molecule has 8 heteroatoms. The van der Waals surface area contributed by atoms with Gasteiger partial charge in [0.2, 0.25) is 11.8 Å². The monoisotopic (exact) mass is 463 g/mol. The van der Waals surface area contributed by atoms with Crippen molar-refractivity contribution in [2.24, 2.45) is 0 Å². The molecule has 4 rings (SSSR count). The first-order chi connectivity index (χ1) is 16.1. The maximum absolute atomic E-state index is 12.5. The summed E-state index contributed by atoms with van der Waals surface area (Å²) in [6.07, 6.45) is 2.30. The standard InChI is InChI=1S/C25H29N5O2S/c1-20(31)28-15-17-29(18-16-28)23(32)14-8-9-19-33-25-27-26-24(21-10-4-2-5-11-21)30(25)22-12-6-3-7-13-22/h2-7,10-13H,8-9,14-19H2,1H3. The molecule has 0 atom stereocenters. The fraction of sp³-hybridized carbons (Fsp3) is 0.360. The van der Waals surface area contributed by atoms with E-state index in [1.807, 2.05) is 53.4 Å². The lowest BCUT2D eigenvalue weighted by molar-refractivity contribution is -0.138. The molecule has 1 aliphatic rings. The summed E-state index contributed by atoms with van der Waals surface area (Å²) in [6, 6.07) is 20.2. The van der Waals surface area contributed by atoms with Gasteiger partial charge < -0.3 is 9.80 Å². The van der Waals surface area contributed by atoms with Gasteiger partial charge in [0.25, 0.3) is 0 Å². The Morgan fingerprint density at radius 2 is 1.48 bits per heavy atom. The van der Waals surface area contributed by atoms with Crippen LogP contribution in [0.15, 0.2) is 65.8 Å². The maximum Gasteiger partial charge on any atom is 0.222 e. The van der Waals surface area contributed by atoms with Gasteiger partial charge in [-0.25, -0.2) is 0 Å². The summed E-state index contributed by atoms with van der Waals surface area (Å²) >= 11 is 1.67.